The van der Waals surface area contributed by atoms with E-state index < -0.39 is 0 Å². The number of benzene rings is 1. The van der Waals surface area contributed by atoms with E-state index in [2.05, 4.69) is 6.07 Å². The van der Waals surface area contributed by atoms with Gasteiger partial charge in [-0.2, -0.15) is 5.26 Å². The number of nitriles is 1. The molecule has 0 radical (unpaired) electrons. The summed E-state index contributed by atoms with van der Waals surface area (Å²) in [5, 5.41) is 12.0. The molecule has 0 saturated heterocycles. The number of hydrogen-bond acceptors (Lipinski definition) is 4. The molecule has 0 aliphatic carbocycles. The van der Waals surface area contributed by atoms with Crippen molar-refractivity contribution in [3.8, 4) is 6.07 Å². The zero-order valence-corrected chi connectivity index (χ0v) is 9.21. The number of rotatable bonds is 1. The van der Waals surface area contributed by atoms with Gasteiger partial charge in [0.2, 0.25) is 0 Å². The molecule has 1 aromatic carbocycles. The van der Waals surface area contributed by atoms with Gasteiger partial charge < -0.3 is 5.73 Å². The maximum absolute atomic E-state index is 9.02. The van der Waals surface area contributed by atoms with E-state index in [1.165, 1.54) is 0 Å². The molecule has 4 heteroatoms. The van der Waals surface area contributed by atoms with Gasteiger partial charge in [-0.1, -0.05) is 0 Å². The van der Waals surface area contributed by atoms with Crippen LogP contribution in [0.15, 0.2) is 22.4 Å². The molecule has 1 heterocycles. The van der Waals surface area contributed by atoms with Crippen molar-refractivity contribution in [1.82, 2.24) is 0 Å². The molecule has 1 aromatic heterocycles. The standard InChI is InChI=1S/C10H8N2S2/c1-13-9-4-8-6(2-3-14-8)7(5-11)10(9)12/h2-4H,12H2,1H3. The van der Waals surface area contributed by atoms with Gasteiger partial charge in [-0.25, -0.2) is 0 Å². The first-order valence-electron chi connectivity index (χ1n) is 4.01. The van der Waals surface area contributed by atoms with Gasteiger partial charge in [-0.3, -0.25) is 0 Å². The molecule has 0 saturated carbocycles. The number of fused-ring (bicyclic) bond motifs is 1. The van der Waals surface area contributed by atoms with Gasteiger partial charge in [0.15, 0.2) is 0 Å². The quantitative estimate of drug-likeness (QED) is 0.593. The minimum Gasteiger partial charge on any atom is -0.397 e. The fraction of sp³-hybridized carbons (Fsp3) is 0.100. The Morgan fingerprint density at radius 2 is 2.36 bits per heavy atom. The van der Waals surface area contributed by atoms with Crippen LogP contribution in [0.4, 0.5) is 5.69 Å². The van der Waals surface area contributed by atoms with Crippen LogP contribution in [-0.2, 0) is 0 Å². The molecule has 0 bridgehead atoms. The third-order valence-corrected chi connectivity index (χ3v) is 3.73. The lowest BCUT2D eigenvalue weighted by molar-refractivity contribution is 1.45. The molecule has 2 N–H and O–H groups in total. The summed E-state index contributed by atoms with van der Waals surface area (Å²) in [5.74, 6) is 0. The molecule has 14 heavy (non-hydrogen) atoms. The Morgan fingerprint density at radius 3 is 3.00 bits per heavy atom. The molecular formula is C10H8N2S2. The van der Waals surface area contributed by atoms with Gasteiger partial charge >= 0.3 is 0 Å². The smallest absolute Gasteiger partial charge is 0.102 e. The first-order chi connectivity index (χ1) is 6.77. The summed E-state index contributed by atoms with van der Waals surface area (Å²) in [6.45, 7) is 0. The van der Waals surface area contributed by atoms with Crippen molar-refractivity contribution in [2.45, 2.75) is 4.90 Å². The first kappa shape index (κ1) is 9.38. The van der Waals surface area contributed by atoms with Crippen LogP contribution in [-0.4, -0.2) is 6.26 Å². The summed E-state index contributed by atoms with van der Waals surface area (Å²) in [7, 11) is 0. The van der Waals surface area contributed by atoms with Gasteiger partial charge in [0.05, 0.1) is 11.3 Å². The van der Waals surface area contributed by atoms with Crippen LogP contribution in [0.5, 0.6) is 0 Å². The van der Waals surface area contributed by atoms with Crippen LogP contribution >= 0.6 is 23.1 Å². The fourth-order valence-corrected chi connectivity index (χ4v) is 2.86. The SMILES string of the molecule is CSc1cc2sccc2c(C#N)c1N. The number of nitrogen functional groups attached to an aromatic ring is 1. The van der Waals surface area contributed by atoms with Gasteiger partial charge in [-0.05, 0) is 23.8 Å². The maximum Gasteiger partial charge on any atom is 0.102 e. The average Bonchev–Trinajstić information content (AvgIpc) is 2.64. The second-order valence-electron chi connectivity index (χ2n) is 2.81. The predicted octanol–water partition coefficient (Wildman–Crippen LogP) is 3.08. The third-order valence-electron chi connectivity index (χ3n) is 2.09. The van der Waals surface area contributed by atoms with E-state index >= 15 is 0 Å². The highest BCUT2D eigenvalue weighted by atomic mass is 32.2. The summed E-state index contributed by atoms with van der Waals surface area (Å²) in [5.41, 5.74) is 7.10. The van der Waals surface area contributed by atoms with Gasteiger partial charge in [0, 0.05) is 15.0 Å². The summed E-state index contributed by atoms with van der Waals surface area (Å²) in [6.07, 6.45) is 1.96. The second-order valence-corrected chi connectivity index (χ2v) is 4.61. The summed E-state index contributed by atoms with van der Waals surface area (Å²) in [6, 6.07) is 6.15. The van der Waals surface area contributed by atoms with Crippen molar-refractivity contribution in [2.75, 3.05) is 12.0 Å². The highest BCUT2D eigenvalue weighted by Crippen LogP contribution is 2.35. The Labute approximate surface area is 90.3 Å². The summed E-state index contributed by atoms with van der Waals surface area (Å²) in [4.78, 5) is 0.983. The second kappa shape index (κ2) is 3.52. The lowest BCUT2D eigenvalue weighted by Crippen LogP contribution is -1.93. The molecule has 0 aliphatic rings. The summed E-state index contributed by atoms with van der Waals surface area (Å²) >= 11 is 3.21. The van der Waals surface area contributed by atoms with Crippen molar-refractivity contribution < 1.29 is 0 Å². The van der Waals surface area contributed by atoms with Gasteiger partial charge in [0.1, 0.15) is 6.07 Å². The Bertz CT molecular complexity index is 523. The average molecular weight is 220 g/mol. The molecule has 70 valence electrons. The largest absolute Gasteiger partial charge is 0.397 e. The maximum atomic E-state index is 9.02. The van der Waals surface area contributed by atoms with Crippen LogP contribution in [0, 0.1) is 11.3 Å². The molecule has 0 aliphatic heterocycles. The molecular weight excluding hydrogens is 212 g/mol. The lowest BCUT2D eigenvalue weighted by atomic mass is 10.1. The number of thiophene rings is 1. The molecule has 2 aromatic rings. The van der Waals surface area contributed by atoms with Crippen LogP contribution in [0.2, 0.25) is 0 Å². The summed E-state index contributed by atoms with van der Waals surface area (Å²) < 4.78 is 1.13. The minimum atomic E-state index is 0.603. The van der Waals surface area contributed by atoms with Gasteiger partial charge in [0.25, 0.3) is 0 Å². The zero-order chi connectivity index (χ0) is 10.1. The zero-order valence-electron chi connectivity index (χ0n) is 7.57. The van der Waals surface area contributed by atoms with E-state index in [9.17, 15) is 0 Å². The monoisotopic (exact) mass is 220 g/mol. The van der Waals surface area contributed by atoms with E-state index in [4.69, 9.17) is 11.0 Å². The number of nitrogens with two attached hydrogens (primary N) is 1. The van der Waals surface area contributed by atoms with Crippen molar-refractivity contribution in [1.29, 1.82) is 5.26 Å². The van der Waals surface area contributed by atoms with Gasteiger partial charge in [-0.15, -0.1) is 23.1 Å². The van der Waals surface area contributed by atoms with Crippen molar-refractivity contribution >= 4 is 38.9 Å². The lowest BCUT2D eigenvalue weighted by Gasteiger charge is -2.05. The molecule has 2 nitrogen and oxygen atoms in total. The van der Waals surface area contributed by atoms with Crippen LogP contribution in [0.25, 0.3) is 10.1 Å². The Balaban J connectivity index is 2.89. The molecule has 0 atom stereocenters. The number of hydrogen-bond donors (Lipinski definition) is 1. The van der Waals surface area contributed by atoms with E-state index in [1.807, 2.05) is 23.8 Å². The topological polar surface area (TPSA) is 49.8 Å². The van der Waals surface area contributed by atoms with Crippen molar-refractivity contribution in [2.24, 2.45) is 0 Å². The van der Waals surface area contributed by atoms with Crippen LogP contribution in [0.1, 0.15) is 5.56 Å². The normalized spacial score (nSPS) is 10.3. The van der Waals surface area contributed by atoms with Crippen LogP contribution < -0.4 is 5.73 Å². The van der Waals surface area contributed by atoms with E-state index in [0.29, 0.717) is 11.3 Å². The minimum absolute atomic E-state index is 0.603. The third kappa shape index (κ3) is 1.26. The predicted molar refractivity (Wildman–Crippen MR) is 62.7 cm³/mol. The highest BCUT2D eigenvalue weighted by molar-refractivity contribution is 7.98. The van der Waals surface area contributed by atoms with Crippen molar-refractivity contribution in [3.05, 3.63) is 23.1 Å². The van der Waals surface area contributed by atoms with E-state index in [-0.39, 0.29) is 0 Å². The molecule has 0 fully saturated rings. The Kier molecular flexibility index (Phi) is 2.36. The fourth-order valence-electron chi connectivity index (χ4n) is 1.39. The highest BCUT2D eigenvalue weighted by Gasteiger charge is 2.10. The Hall–Kier alpha value is -1.18. The van der Waals surface area contributed by atoms with Crippen molar-refractivity contribution in [3.63, 3.8) is 0 Å². The number of thioether (sulfide) groups is 1. The molecule has 0 spiro atoms. The molecule has 0 unspecified atom stereocenters. The molecule has 2 rings (SSSR count). The number of nitrogens with zero attached hydrogens (tertiary/aromatic N) is 1. The van der Waals surface area contributed by atoms with E-state index in [0.717, 1.165) is 15.0 Å². The van der Waals surface area contributed by atoms with Crippen LogP contribution in [0.3, 0.4) is 0 Å². The molecule has 0 amide bonds. The first-order valence-corrected chi connectivity index (χ1v) is 6.12. The number of anilines is 1. The Morgan fingerprint density at radius 1 is 1.57 bits per heavy atom. The van der Waals surface area contributed by atoms with E-state index in [1.54, 1.807) is 23.1 Å².